The molecule has 2 aromatic carbocycles. The molecule has 1 aliphatic rings. The van der Waals surface area contributed by atoms with Crippen LogP contribution in [0.2, 0.25) is 0 Å². The van der Waals surface area contributed by atoms with Crippen LogP contribution in [0.15, 0.2) is 58.4 Å². The van der Waals surface area contributed by atoms with Crippen molar-refractivity contribution in [2.45, 2.75) is 17.0 Å². The molecule has 2 unspecified atom stereocenters. The molecule has 0 aliphatic carbocycles. The highest BCUT2D eigenvalue weighted by molar-refractivity contribution is 7.98. The number of thioether (sulfide) groups is 1. The van der Waals surface area contributed by atoms with E-state index in [0.29, 0.717) is 11.5 Å². The van der Waals surface area contributed by atoms with Crippen LogP contribution in [0.5, 0.6) is 0 Å². The lowest BCUT2D eigenvalue weighted by Gasteiger charge is -2.16. The van der Waals surface area contributed by atoms with Gasteiger partial charge in [-0.15, -0.1) is 11.8 Å². The van der Waals surface area contributed by atoms with Crippen molar-refractivity contribution in [2.24, 2.45) is 4.99 Å². The minimum atomic E-state index is -0.451. The molecule has 2 atom stereocenters. The van der Waals surface area contributed by atoms with Gasteiger partial charge < -0.3 is 9.84 Å². The number of aliphatic imine (C=N–C) groups is 1. The van der Waals surface area contributed by atoms with Crippen molar-refractivity contribution in [2.75, 3.05) is 12.9 Å². The molecular formula is C17H16N2O4S. The number of benzene rings is 2. The van der Waals surface area contributed by atoms with Gasteiger partial charge in [-0.1, -0.05) is 12.1 Å². The van der Waals surface area contributed by atoms with E-state index in [1.165, 1.54) is 12.1 Å². The molecule has 7 heteroatoms. The van der Waals surface area contributed by atoms with E-state index < -0.39 is 11.0 Å². The summed E-state index contributed by atoms with van der Waals surface area (Å²) >= 11 is 1.65. The van der Waals surface area contributed by atoms with Gasteiger partial charge in [0.2, 0.25) is 5.90 Å². The second-order valence-corrected chi connectivity index (χ2v) is 6.18. The third-order valence-electron chi connectivity index (χ3n) is 3.83. The second kappa shape index (κ2) is 7.02. The van der Waals surface area contributed by atoms with Gasteiger partial charge in [-0.2, -0.15) is 0 Å². The van der Waals surface area contributed by atoms with Crippen molar-refractivity contribution in [3.05, 3.63) is 69.8 Å². The predicted octanol–water partition coefficient (Wildman–Crippen LogP) is 3.20. The Morgan fingerprint density at radius 3 is 2.42 bits per heavy atom. The maximum Gasteiger partial charge on any atom is 0.269 e. The summed E-state index contributed by atoms with van der Waals surface area (Å²) in [5.74, 6) is 0.392. The van der Waals surface area contributed by atoms with Gasteiger partial charge >= 0.3 is 0 Å². The molecule has 1 aliphatic heterocycles. The van der Waals surface area contributed by atoms with E-state index in [9.17, 15) is 15.2 Å². The van der Waals surface area contributed by atoms with Crippen LogP contribution in [0.1, 0.15) is 17.2 Å². The molecule has 2 aromatic rings. The van der Waals surface area contributed by atoms with Gasteiger partial charge in [0.1, 0.15) is 6.04 Å². The van der Waals surface area contributed by atoms with Gasteiger partial charge in [-0.05, 0) is 36.1 Å². The predicted molar refractivity (Wildman–Crippen MR) is 92.6 cm³/mol. The summed E-state index contributed by atoms with van der Waals surface area (Å²) in [6, 6.07) is 13.6. The number of rotatable bonds is 5. The quantitative estimate of drug-likeness (QED) is 0.511. The molecule has 124 valence electrons. The fraction of sp³-hybridized carbons (Fsp3) is 0.235. The Kier molecular flexibility index (Phi) is 4.82. The zero-order valence-corrected chi connectivity index (χ0v) is 13.8. The van der Waals surface area contributed by atoms with E-state index in [1.54, 1.807) is 23.9 Å². The number of hydrogen-bond acceptors (Lipinski definition) is 6. The minimum Gasteiger partial charge on any atom is -0.467 e. The summed E-state index contributed by atoms with van der Waals surface area (Å²) in [4.78, 5) is 15.8. The van der Waals surface area contributed by atoms with Gasteiger partial charge in [0.15, 0.2) is 6.10 Å². The molecule has 3 rings (SSSR count). The van der Waals surface area contributed by atoms with Gasteiger partial charge in [0, 0.05) is 22.6 Å². The van der Waals surface area contributed by atoms with Crippen LogP contribution in [0.25, 0.3) is 0 Å². The molecule has 0 fully saturated rings. The highest BCUT2D eigenvalue weighted by Gasteiger charge is 2.32. The first-order valence-electron chi connectivity index (χ1n) is 7.36. The fourth-order valence-electron chi connectivity index (χ4n) is 2.54. The van der Waals surface area contributed by atoms with Crippen molar-refractivity contribution in [1.82, 2.24) is 0 Å². The molecule has 0 radical (unpaired) electrons. The maximum atomic E-state index is 10.7. The molecule has 0 bridgehead atoms. The summed E-state index contributed by atoms with van der Waals surface area (Å²) in [6.07, 6.45) is 1.64. The monoisotopic (exact) mass is 344 g/mol. The normalized spacial score (nSPS) is 19.7. The molecule has 0 spiro atoms. The van der Waals surface area contributed by atoms with Crippen molar-refractivity contribution >= 4 is 23.3 Å². The Labute approximate surface area is 143 Å². The van der Waals surface area contributed by atoms with Gasteiger partial charge in [-0.3, -0.25) is 10.1 Å². The maximum absolute atomic E-state index is 10.7. The van der Waals surface area contributed by atoms with Crippen molar-refractivity contribution in [3.8, 4) is 0 Å². The number of aliphatic hydroxyl groups is 1. The molecule has 1 N–H and O–H groups in total. The lowest BCUT2D eigenvalue weighted by atomic mass is 10.0. The number of hydrogen-bond donors (Lipinski definition) is 1. The number of ether oxygens (including phenoxy) is 1. The molecule has 6 nitrogen and oxygen atoms in total. The lowest BCUT2D eigenvalue weighted by Crippen LogP contribution is -2.17. The molecule has 24 heavy (non-hydrogen) atoms. The molecule has 0 amide bonds. The summed E-state index contributed by atoms with van der Waals surface area (Å²) in [6.45, 7) is -0.134. The van der Waals surface area contributed by atoms with E-state index in [2.05, 4.69) is 4.99 Å². The third kappa shape index (κ3) is 3.27. The number of nitro groups is 1. The molecular weight excluding hydrogens is 328 g/mol. The Balaban J connectivity index is 1.82. The average molecular weight is 344 g/mol. The van der Waals surface area contributed by atoms with E-state index in [4.69, 9.17) is 4.74 Å². The second-order valence-electron chi connectivity index (χ2n) is 5.30. The van der Waals surface area contributed by atoms with Crippen LogP contribution in [-0.4, -0.2) is 34.8 Å². The first kappa shape index (κ1) is 16.5. The zero-order valence-electron chi connectivity index (χ0n) is 13.0. The van der Waals surface area contributed by atoms with E-state index in [1.807, 2.05) is 30.5 Å². The SMILES string of the molecule is CSc1ccc(C2OC(c3ccc([N+](=O)[O-])cc3)=NC2CO)cc1. The number of aliphatic hydroxyl groups excluding tert-OH is 1. The number of non-ortho nitro benzene ring substituents is 1. The van der Waals surface area contributed by atoms with E-state index in [0.717, 1.165) is 10.5 Å². The Morgan fingerprint density at radius 1 is 1.21 bits per heavy atom. The van der Waals surface area contributed by atoms with Crippen LogP contribution >= 0.6 is 11.8 Å². The Morgan fingerprint density at radius 2 is 1.88 bits per heavy atom. The Hall–Kier alpha value is -2.38. The first-order chi connectivity index (χ1) is 11.6. The van der Waals surface area contributed by atoms with Crippen LogP contribution in [0, 0.1) is 10.1 Å². The van der Waals surface area contributed by atoms with Crippen LogP contribution < -0.4 is 0 Å². The summed E-state index contributed by atoms with van der Waals surface area (Å²) < 4.78 is 5.92. The lowest BCUT2D eigenvalue weighted by molar-refractivity contribution is -0.384. The van der Waals surface area contributed by atoms with Crippen LogP contribution in [0.3, 0.4) is 0 Å². The minimum absolute atomic E-state index is 0.0141. The fourth-order valence-corrected chi connectivity index (χ4v) is 2.94. The first-order valence-corrected chi connectivity index (χ1v) is 8.59. The molecule has 1 heterocycles. The highest BCUT2D eigenvalue weighted by atomic mass is 32.2. The highest BCUT2D eigenvalue weighted by Crippen LogP contribution is 2.32. The largest absolute Gasteiger partial charge is 0.467 e. The summed E-state index contributed by atoms with van der Waals surface area (Å²) in [5.41, 5.74) is 1.61. The summed E-state index contributed by atoms with van der Waals surface area (Å²) in [5, 5.41) is 20.3. The Bertz CT molecular complexity index is 759. The zero-order chi connectivity index (χ0) is 17.1. The van der Waals surface area contributed by atoms with E-state index in [-0.39, 0.29) is 18.4 Å². The molecule has 0 saturated heterocycles. The van der Waals surface area contributed by atoms with Gasteiger partial charge in [-0.25, -0.2) is 4.99 Å². The van der Waals surface area contributed by atoms with Crippen molar-refractivity contribution < 1.29 is 14.8 Å². The molecule has 0 aromatic heterocycles. The number of nitro benzene ring substituents is 1. The van der Waals surface area contributed by atoms with Crippen LogP contribution in [0.4, 0.5) is 5.69 Å². The molecule has 0 saturated carbocycles. The number of nitrogens with zero attached hydrogens (tertiary/aromatic N) is 2. The average Bonchev–Trinajstić information content (AvgIpc) is 3.06. The standard InChI is InChI=1S/C17H16N2O4S/c1-24-14-8-4-11(5-9-14)16-15(10-20)18-17(23-16)12-2-6-13(7-3-12)19(21)22/h2-9,15-16,20H,10H2,1H3. The van der Waals surface area contributed by atoms with E-state index >= 15 is 0 Å². The van der Waals surface area contributed by atoms with Crippen molar-refractivity contribution in [1.29, 1.82) is 0 Å². The smallest absolute Gasteiger partial charge is 0.269 e. The van der Waals surface area contributed by atoms with Gasteiger partial charge in [0.25, 0.3) is 5.69 Å². The van der Waals surface area contributed by atoms with Crippen molar-refractivity contribution in [3.63, 3.8) is 0 Å². The van der Waals surface area contributed by atoms with Gasteiger partial charge in [0.05, 0.1) is 11.5 Å². The van der Waals surface area contributed by atoms with Crippen LogP contribution in [-0.2, 0) is 4.74 Å². The summed E-state index contributed by atoms with van der Waals surface area (Å²) in [7, 11) is 0. The third-order valence-corrected chi connectivity index (χ3v) is 4.57. The topological polar surface area (TPSA) is 85.0 Å².